The van der Waals surface area contributed by atoms with Crippen LogP contribution < -0.4 is 5.32 Å². The summed E-state index contributed by atoms with van der Waals surface area (Å²) >= 11 is 0. The van der Waals surface area contributed by atoms with Gasteiger partial charge in [-0.25, -0.2) is 4.68 Å². The van der Waals surface area contributed by atoms with Gasteiger partial charge in [-0.15, -0.1) is 0 Å². The Morgan fingerprint density at radius 2 is 2.17 bits per heavy atom. The van der Waals surface area contributed by atoms with Crippen molar-refractivity contribution in [2.75, 3.05) is 6.54 Å². The van der Waals surface area contributed by atoms with Gasteiger partial charge in [0, 0.05) is 30.2 Å². The first-order chi connectivity index (χ1) is 8.72. The van der Waals surface area contributed by atoms with E-state index in [9.17, 15) is 0 Å². The Morgan fingerprint density at radius 1 is 1.33 bits per heavy atom. The van der Waals surface area contributed by atoms with Crippen LogP contribution in [-0.2, 0) is 6.54 Å². The predicted molar refractivity (Wildman–Crippen MR) is 72.8 cm³/mol. The Kier molecular flexibility index (Phi) is 4.10. The van der Waals surface area contributed by atoms with Crippen molar-refractivity contribution in [3.05, 3.63) is 41.5 Å². The molecule has 2 aromatic rings. The molecule has 0 fully saturated rings. The van der Waals surface area contributed by atoms with E-state index in [2.05, 4.69) is 35.3 Å². The number of nitrogens with zero attached hydrogens (tertiary/aromatic N) is 3. The Balaban J connectivity index is 2.29. The number of rotatable bonds is 5. The van der Waals surface area contributed by atoms with Crippen molar-refractivity contribution in [3.8, 4) is 5.69 Å². The maximum atomic E-state index is 4.53. The van der Waals surface area contributed by atoms with E-state index in [0.29, 0.717) is 0 Å². The number of nitrogens with one attached hydrogen (secondary N) is 1. The second kappa shape index (κ2) is 5.78. The van der Waals surface area contributed by atoms with Crippen LogP contribution in [0.1, 0.15) is 30.3 Å². The lowest BCUT2D eigenvalue weighted by molar-refractivity contribution is 0.667. The van der Waals surface area contributed by atoms with E-state index in [1.54, 1.807) is 0 Å². The summed E-state index contributed by atoms with van der Waals surface area (Å²) in [4.78, 5) is 4.20. The van der Waals surface area contributed by atoms with Gasteiger partial charge in [0.05, 0.1) is 11.4 Å². The van der Waals surface area contributed by atoms with Gasteiger partial charge in [-0.05, 0) is 38.9 Å². The average molecular weight is 244 g/mol. The Hall–Kier alpha value is -1.68. The van der Waals surface area contributed by atoms with E-state index < -0.39 is 0 Å². The van der Waals surface area contributed by atoms with Crippen LogP contribution in [0.25, 0.3) is 5.69 Å². The van der Waals surface area contributed by atoms with Crippen molar-refractivity contribution in [3.63, 3.8) is 0 Å². The van der Waals surface area contributed by atoms with Crippen LogP contribution in [0.5, 0.6) is 0 Å². The van der Waals surface area contributed by atoms with Gasteiger partial charge in [0.15, 0.2) is 0 Å². The summed E-state index contributed by atoms with van der Waals surface area (Å²) in [5, 5.41) is 7.94. The smallest absolute Gasteiger partial charge is 0.0724 e. The summed E-state index contributed by atoms with van der Waals surface area (Å²) in [6.45, 7) is 8.10. The highest BCUT2D eigenvalue weighted by atomic mass is 15.3. The summed E-state index contributed by atoms with van der Waals surface area (Å²) in [6.07, 6.45) is 4.86. The number of pyridine rings is 1. The molecular formula is C14H20N4. The van der Waals surface area contributed by atoms with Crippen LogP contribution in [0.4, 0.5) is 0 Å². The van der Waals surface area contributed by atoms with Crippen LogP contribution in [0.3, 0.4) is 0 Å². The van der Waals surface area contributed by atoms with E-state index in [-0.39, 0.29) is 0 Å². The molecule has 2 rings (SSSR count). The van der Waals surface area contributed by atoms with E-state index >= 15 is 0 Å². The van der Waals surface area contributed by atoms with Crippen molar-refractivity contribution >= 4 is 0 Å². The molecule has 0 saturated carbocycles. The van der Waals surface area contributed by atoms with E-state index in [0.717, 1.165) is 36.6 Å². The second-order valence-corrected chi connectivity index (χ2v) is 4.52. The second-order valence-electron chi connectivity index (χ2n) is 4.52. The third kappa shape index (κ3) is 2.76. The summed E-state index contributed by atoms with van der Waals surface area (Å²) in [5.41, 5.74) is 4.48. The van der Waals surface area contributed by atoms with Gasteiger partial charge >= 0.3 is 0 Å². The highest BCUT2D eigenvalue weighted by molar-refractivity contribution is 5.39. The monoisotopic (exact) mass is 244 g/mol. The number of hydrogen-bond donors (Lipinski definition) is 1. The lowest BCUT2D eigenvalue weighted by Gasteiger charge is -2.11. The minimum atomic E-state index is 0.829. The van der Waals surface area contributed by atoms with E-state index in [4.69, 9.17) is 0 Å². The van der Waals surface area contributed by atoms with E-state index in [1.165, 1.54) is 5.56 Å². The van der Waals surface area contributed by atoms with Crippen LogP contribution in [0.15, 0.2) is 24.5 Å². The minimum Gasteiger partial charge on any atom is -0.313 e. The molecule has 0 aromatic carbocycles. The van der Waals surface area contributed by atoms with Crippen molar-refractivity contribution in [2.45, 2.75) is 33.7 Å². The quantitative estimate of drug-likeness (QED) is 0.821. The molecule has 18 heavy (non-hydrogen) atoms. The lowest BCUT2D eigenvalue weighted by atomic mass is 10.2. The van der Waals surface area contributed by atoms with Gasteiger partial charge in [-0.2, -0.15) is 5.10 Å². The molecule has 0 atom stereocenters. The van der Waals surface area contributed by atoms with Gasteiger partial charge in [0.1, 0.15) is 0 Å². The van der Waals surface area contributed by atoms with Crippen LogP contribution in [0.2, 0.25) is 0 Å². The summed E-state index contributed by atoms with van der Waals surface area (Å²) < 4.78 is 1.99. The molecule has 0 spiro atoms. The molecule has 0 amide bonds. The first kappa shape index (κ1) is 12.8. The van der Waals surface area contributed by atoms with Crippen molar-refractivity contribution < 1.29 is 0 Å². The van der Waals surface area contributed by atoms with Gasteiger partial charge in [-0.1, -0.05) is 6.92 Å². The maximum Gasteiger partial charge on any atom is 0.0724 e. The zero-order valence-corrected chi connectivity index (χ0v) is 11.3. The fourth-order valence-electron chi connectivity index (χ4n) is 2.04. The Labute approximate surface area is 108 Å². The molecule has 0 aliphatic carbocycles. The zero-order valence-electron chi connectivity index (χ0n) is 11.3. The van der Waals surface area contributed by atoms with Gasteiger partial charge in [0.2, 0.25) is 0 Å². The maximum absolute atomic E-state index is 4.53. The summed E-state index contributed by atoms with van der Waals surface area (Å²) in [7, 11) is 0. The molecule has 0 bridgehead atoms. The Morgan fingerprint density at radius 3 is 2.83 bits per heavy atom. The molecule has 0 saturated heterocycles. The Bertz CT molecular complexity index is 516. The van der Waals surface area contributed by atoms with Gasteiger partial charge in [-0.3, -0.25) is 4.98 Å². The van der Waals surface area contributed by atoms with Crippen LogP contribution in [-0.4, -0.2) is 21.3 Å². The topological polar surface area (TPSA) is 42.7 Å². The molecule has 2 heterocycles. The first-order valence-electron chi connectivity index (χ1n) is 6.39. The fraction of sp³-hybridized carbons (Fsp3) is 0.429. The van der Waals surface area contributed by atoms with Crippen molar-refractivity contribution in [2.24, 2.45) is 0 Å². The molecule has 0 unspecified atom stereocenters. The average Bonchev–Trinajstić information content (AvgIpc) is 2.69. The molecule has 2 aromatic heterocycles. The first-order valence-corrected chi connectivity index (χ1v) is 6.39. The normalized spacial score (nSPS) is 10.8. The van der Waals surface area contributed by atoms with Gasteiger partial charge in [0.25, 0.3) is 0 Å². The molecule has 0 aliphatic heterocycles. The highest BCUT2D eigenvalue weighted by Gasteiger charge is 2.08. The third-order valence-electron chi connectivity index (χ3n) is 2.86. The van der Waals surface area contributed by atoms with Crippen molar-refractivity contribution in [1.29, 1.82) is 0 Å². The summed E-state index contributed by atoms with van der Waals surface area (Å²) in [5.74, 6) is 0. The van der Waals surface area contributed by atoms with Crippen LogP contribution in [0, 0.1) is 13.8 Å². The largest absolute Gasteiger partial charge is 0.313 e. The molecule has 4 nitrogen and oxygen atoms in total. The standard InChI is InChI=1S/C14H20N4/c1-4-6-15-9-13-10-16-7-5-14(13)18-12(3)8-11(2)17-18/h5,7-8,10,15H,4,6,9H2,1-3H3. The summed E-state index contributed by atoms with van der Waals surface area (Å²) in [6, 6.07) is 4.10. The molecule has 4 heteroatoms. The molecule has 0 radical (unpaired) electrons. The molecule has 96 valence electrons. The number of aromatic nitrogens is 3. The zero-order chi connectivity index (χ0) is 13.0. The fourth-order valence-corrected chi connectivity index (χ4v) is 2.04. The van der Waals surface area contributed by atoms with Gasteiger partial charge < -0.3 is 5.32 Å². The highest BCUT2D eigenvalue weighted by Crippen LogP contribution is 2.15. The third-order valence-corrected chi connectivity index (χ3v) is 2.86. The molecule has 1 N–H and O–H groups in total. The molecular weight excluding hydrogens is 224 g/mol. The van der Waals surface area contributed by atoms with E-state index in [1.807, 2.05) is 30.1 Å². The van der Waals surface area contributed by atoms with Crippen LogP contribution >= 0.6 is 0 Å². The number of hydrogen-bond acceptors (Lipinski definition) is 3. The van der Waals surface area contributed by atoms with Crippen molar-refractivity contribution in [1.82, 2.24) is 20.1 Å². The molecule has 0 aliphatic rings. The SMILES string of the molecule is CCCNCc1cnccc1-n1nc(C)cc1C. The lowest BCUT2D eigenvalue weighted by Crippen LogP contribution is -2.16. The number of aryl methyl sites for hydroxylation is 2. The predicted octanol–water partition coefficient (Wildman–Crippen LogP) is 2.38. The minimum absolute atomic E-state index is 0.829.